The van der Waals surface area contributed by atoms with E-state index in [0.29, 0.717) is 13.1 Å². The molecule has 0 unspecified atom stereocenters. The summed E-state index contributed by atoms with van der Waals surface area (Å²) in [5.41, 5.74) is 7.51. The molecule has 3 N–H and O–H groups in total. The van der Waals surface area contributed by atoms with Crippen molar-refractivity contribution in [3.63, 3.8) is 0 Å². The number of aromatic amines is 1. The topological polar surface area (TPSA) is 156 Å². The molecule has 1 fully saturated rings. The largest absolute Gasteiger partial charge is 0.666 e. The van der Waals surface area contributed by atoms with Crippen LogP contribution in [0.2, 0.25) is 0 Å². The summed E-state index contributed by atoms with van der Waals surface area (Å²) in [6.07, 6.45) is -0.862. The molecule has 0 radical (unpaired) electrons. The van der Waals surface area contributed by atoms with Gasteiger partial charge in [0.05, 0.1) is 12.3 Å². The molecule has 0 aromatic carbocycles. The minimum atomic E-state index is -4.50. The normalized spacial score (nSPS) is 15.8. The predicted octanol–water partition coefficient (Wildman–Crippen LogP) is 3.81. The molecule has 1 aliphatic heterocycles. The Bertz CT molecular complexity index is 1050. The lowest BCUT2D eigenvalue weighted by Gasteiger charge is -2.39. The van der Waals surface area contributed by atoms with E-state index in [1.165, 1.54) is 0 Å². The molecule has 2 aromatic rings. The third-order valence-electron chi connectivity index (χ3n) is 5.08. The number of fused-ring (bicyclic) bond motifs is 1. The van der Waals surface area contributed by atoms with Crippen molar-refractivity contribution in [1.29, 1.82) is 5.26 Å². The highest BCUT2D eigenvalue weighted by molar-refractivity contribution is 6.00. The molecule has 10 nitrogen and oxygen atoms in total. The summed E-state index contributed by atoms with van der Waals surface area (Å²) >= 11 is 0. The van der Waals surface area contributed by atoms with Gasteiger partial charge in [-0.15, -0.1) is 0 Å². The minimum Gasteiger partial charge on any atom is -0.666 e. The third kappa shape index (κ3) is 7.31. The Kier molecular flexibility index (Phi) is 8.44. The fraction of sp³-hybridized carbons (Fsp3) is 0.571. The maximum Gasteiger partial charge on any atom is 0.422 e. The van der Waals surface area contributed by atoms with Gasteiger partial charge in [-0.05, 0) is 18.3 Å². The lowest BCUT2D eigenvalue weighted by atomic mass is 9.86. The van der Waals surface area contributed by atoms with Crippen LogP contribution >= 0.6 is 0 Å². The number of aromatic nitrogens is 3. The predicted molar refractivity (Wildman–Crippen MR) is 115 cm³/mol. The molecule has 1 amide bonds. The Morgan fingerprint density at radius 3 is 2.47 bits per heavy atom. The second-order valence-corrected chi connectivity index (χ2v) is 8.84. The second-order valence-electron chi connectivity index (χ2n) is 8.84. The fourth-order valence-corrected chi connectivity index (χ4v) is 3.05. The number of carbonyl (C=O) groups is 2. The summed E-state index contributed by atoms with van der Waals surface area (Å²) in [4.78, 5) is 34.4. The number of rotatable bonds is 4. The number of carbonyl (C=O) groups excluding carboxylic acids is 1. The molecule has 0 spiro atoms. The van der Waals surface area contributed by atoms with E-state index in [1.807, 2.05) is 20.8 Å². The van der Waals surface area contributed by atoms with Crippen LogP contribution in [0, 0.1) is 22.7 Å². The molecule has 13 heteroatoms. The van der Waals surface area contributed by atoms with Crippen molar-refractivity contribution in [2.75, 3.05) is 19.7 Å². The van der Waals surface area contributed by atoms with Crippen LogP contribution in [0.5, 0.6) is 5.88 Å². The van der Waals surface area contributed by atoms with Gasteiger partial charge in [0.15, 0.2) is 12.3 Å². The molecule has 3 heterocycles. The Morgan fingerprint density at radius 2 is 1.97 bits per heavy atom. The number of aromatic carboxylic acids is 1. The van der Waals surface area contributed by atoms with E-state index in [9.17, 15) is 22.8 Å². The SMILES string of the molecule is CC(C)(C)[C@@H]([NH-])C(=O)N1CCC(C#N)CC1.O=C(O)c1c[nH]c2ncc(OCC(F)(F)F)nc12. The smallest absolute Gasteiger partial charge is 0.422 e. The van der Waals surface area contributed by atoms with Crippen LogP contribution in [0.25, 0.3) is 16.9 Å². The number of nitrogens with one attached hydrogen (secondary N) is 2. The van der Waals surface area contributed by atoms with E-state index in [4.69, 9.17) is 16.1 Å². The van der Waals surface area contributed by atoms with Crippen LogP contribution in [0.3, 0.4) is 0 Å². The van der Waals surface area contributed by atoms with Crippen molar-refractivity contribution in [3.05, 3.63) is 23.7 Å². The van der Waals surface area contributed by atoms with Crippen molar-refractivity contribution >= 4 is 23.0 Å². The number of alkyl halides is 3. The average molecular weight is 483 g/mol. The molecule has 34 heavy (non-hydrogen) atoms. The van der Waals surface area contributed by atoms with Gasteiger partial charge < -0.3 is 25.5 Å². The Labute approximate surface area is 193 Å². The molecule has 0 saturated carbocycles. The van der Waals surface area contributed by atoms with Crippen molar-refractivity contribution in [1.82, 2.24) is 19.9 Å². The molecule has 0 bridgehead atoms. The molecule has 3 rings (SSSR count). The van der Waals surface area contributed by atoms with E-state index in [1.54, 1.807) is 4.90 Å². The number of carboxylic acid groups (broad SMARTS) is 1. The number of likely N-dealkylation sites (tertiary alicyclic amines) is 1. The summed E-state index contributed by atoms with van der Waals surface area (Å²) in [5, 5.41) is 17.6. The number of hydrogen-bond acceptors (Lipinski definition) is 6. The second kappa shape index (κ2) is 10.7. The van der Waals surface area contributed by atoms with Gasteiger partial charge in [-0.2, -0.15) is 18.4 Å². The summed E-state index contributed by atoms with van der Waals surface area (Å²) in [5.74, 6) is -1.66. The van der Waals surface area contributed by atoms with Crippen molar-refractivity contribution < 1.29 is 32.6 Å². The molecular weight excluding hydrogens is 457 g/mol. The first-order valence-electron chi connectivity index (χ1n) is 10.4. The van der Waals surface area contributed by atoms with Gasteiger partial charge in [0, 0.05) is 25.2 Å². The Balaban J connectivity index is 0.000000242. The molecule has 186 valence electrons. The Morgan fingerprint density at radius 1 is 1.35 bits per heavy atom. The number of amides is 1. The first-order chi connectivity index (χ1) is 15.7. The van der Waals surface area contributed by atoms with Crippen molar-refractivity contribution in [2.45, 2.75) is 45.8 Å². The summed E-state index contributed by atoms with van der Waals surface area (Å²) in [7, 11) is 0. The van der Waals surface area contributed by atoms with Crippen LogP contribution in [0.1, 0.15) is 44.0 Å². The number of nitriles is 1. The van der Waals surface area contributed by atoms with E-state index < -0.39 is 24.8 Å². The molecule has 1 aliphatic rings. The molecule has 1 atom stereocenters. The molecule has 2 aromatic heterocycles. The van der Waals surface area contributed by atoms with Gasteiger partial charge in [0.25, 0.3) is 0 Å². The number of halogens is 3. The number of piperidine rings is 1. The van der Waals surface area contributed by atoms with Gasteiger partial charge in [-0.1, -0.05) is 26.8 Å². The number of hydrogen-bond donors (Lipinski definition) is 2. The maximum atomic E-state index is 12.0. The Hall–Kier alpha value is -3.40. The third-order valence-corrected chi connectivity index (χ3v) is 5.08. The van der Waals surface area contributed by atoms with Gasteiger partial charge >= 0.3 is 12.1 Å². The van der Waals surface area contributed by atoms with Gasteiger partial charge in [0.2, 0.25) is 11.8 Å². The van der Waals surface area contributed by atoms with Gasteiger partial charge in [-0.25, -0.2) is 14.8 Å². The number of ether oxygens (including phenoxy) is 1. The van der Waals surface area contributed by atoms with Crippen LogP contribution in [-0.2, 0) is 4.79 Å². The average Bonchev–Trinajstić information content (AvgIpc) is 3.19. The quantitative estimate of drug-likeness (QED) is 0.669. The first kappa shape index (κ1) is 26.8. The lowest BCUT2D eigenvalue weighted by Crippen LogP contribution is -2.46. The zero-order chi connectivity index (χ0) is 25.7. The summed E-state index contributed by atoms with van der Waals surface area (Å²) in [6.45, 7) is 5.46. The lowest BCUT2D eigenvalue weighted by molar-refractivity contribution is -0.154. The molecule has 1 saturated heterocycles. The monoisotopic (exact) mass is 483 g/mol. The minimum absolute atomic E-state index is 0.0535. The van der Waals surface area contributed by atoms with Crippen LogP contribution < -0.4 is 4.74 Å². The summed E-state index contributed by atoms with van der Waals surface area (Å²) in [6, 6.07) is 1.54. The highest BCUT2D eigenvalue weighted by Crippen LogP contribution is 2.25. The maximum absolute atomic E-state index is 12.0. The number of H-pyrrole nitrogens is 1. The number of carboxylic acids is 1. The van der Waals surface area contributed by atoms with E-state index in [0.717, 1.165) is 25.2 Å². The van der Waals surface area contributed by atoms with Crippen LogP contribution in [0.4, 0.5) is 13.2 Å². The van der Waals surface area contributed by atoms with Gasteiger partial charge in [-0.3, -0.25) is 4.79 Å². The van der Waals surface area contributed by atoms with E-state index >= 15 is 0 Å². The zero-order valence-corrected chi connectivity index (χ0v) is 18.9. The van der Waals surface area contributed by atoms with E-state index in [2.05, 4.69) is 25.8 Å². The molecular formula is C21H26F3N6O4-. The van der Waals surface area contributed by atoms with Crippen LogP contribution in [-0.4, -0.2) is 68.7 Å². The zero-order valence-electron chi connectivity index (χ0n) is 18.9. The van der Waals surface area contributed by atoms with E-state index in [-0.39, 0.29) is 39.8 Å². The van der Waals surface area contributed by atoms with Crippen molar-refractivity contribution in [2.24, 2.45) is 11.3 Å². The highest BCUT2D eigenvalue weighted by atomic mass is 19.4. The standard InChI is InChI=1S/C12H20N3O.C9H6F3N3O3/c1-12(2,3)10(14)11(16)15-6-4-9(8-13)5-7-15;10-9(11,12)3-18-5-2-14-7-6(15-5)4(1-13-7)8(16)17/h9-10,14H,4-7H2,1-3H3;1-2H,3H2,(H,13,14)(H,16,17)/q-1;/t10-;/m0./s1. The molecule has 0 aliphatic carbocycles. The van der Waals surface area contributed by atoms with Crippen LogP contribution in [0.15, 0.2) is 12.4 Å². The van der Waals surface area contributed by atoms with Crippen molar-refractivity contribution in [3.8, 4) is 11.9 Å². The first-order valence-corrected chi connectivity index (χ1v) is 10.4. The highest BCUT2D eigenvalue weighted by Gasteiger charge is 2.29. The fourth-order valence-electron chi connectivity index (χ4n) is 3.05. The number of nitrogens with zero attached hydrogens (tertiary/aromatic N) is 4. The van der Waals surface area contributed by atoms with Gasteiger partial charge in [0.1, 0.15) is 11.1 Å². The summed E-state index contributed by atoms with van der Waals surface area (Å²) < 4.78 is 40.2.